The fraction of sp³-hybridized carbons (Fsp3) is 0. The summed E-state index contributed by atoms with van der Waals surface area (Å²) >= 11 is 0. The van der Waals surface area contributed by atoms with Gasteiger partial charge in [-0.05, 0) is 20.6 Å². The van der Waals surface area contributed by atoms with Crippen LogP contribution in [0, 0.1) is 20.2 Å². The molecular formula is C8H2N14O8. The van der Waals surface area contributed by atoms with E-state index < -0.39 is 22.1 Å². The molecule has 4 rings (SSSR count). The second-order valence-corrected chi connectivity index (χ2v) is 4.66. The van der Waals surface area contributed by atoms with E-state index in [1.807, 2.05) is 0 Å². The SMILES string of the molecule is O=[N+]([O-])Nc1nc(-c2nonc2N=Nc2nonc2-c2noc(N[N+](=O)[O-])n2)no1. The lowest BCUT2D eigenvalue weighted by Gasteiger charge is -1.87. The second-order valence-electron chi connectivity index (χ2n) is 4.66. The third kappa shape index (κ3) is 3.66. The van der Waals surface area contributed by atoms with Crippen LogP contribution in [0.2, 0.25) is 0 Å². The highest BCUT2D eigenvalue weighted by atomic mass is 16.7. The Hall–Kier alpha value is -5.44. The molecule has 152 valence electrons. The van der Waals surface area contributed by atoms with E-state index in [1.54, 1.807) is 10.9 Å². The summed E-state index contributed by atoms with van der Waals surface area (Å²) in [4.78, 5) is 28.1. The highest BCUT2D eigenvalue weighted by molar-refractivity contribution is 5.63. The molecule has 0 spiro atoms. The Morgan fingerprint density at radius 2 is 1.13 bits per heavy atom. The summed E-state index contributed by atoms with van der Waals surface area (Å²) in [6.07, 6.45) is 0. The summed E-state index contributed by atoms with van der Waals surface area (Å²) in [6, 6.07) is -1.06. The highest BCUT2D eigenvalue weighted by Crippen LogP contribution is 2.29. The Bertz CT molecular complexity index is 1140. The van der Waals surface area contributed by atoms with Crippen LogP contribution in [0.5, 0.6) is 0 Å². The van der Waals surface area contributed by atoms with E-state index in [-0.39, 0.29) is 34.7 Å². The van der Waals surface area contributed by atoms with Gasteiger partial charge < -0.3 is 9.05 Å². The molecule has 0 saturated heterocycles. The van der Waals surface area contributed by atoms with Crippen LogP contribution in [0.25, 0.3) is 23.0 Å². The number of aromatic nitrogens is 8. The first-order valence-electron chi connectivity index (χ1n) is 7.06. The molecule has 0 fully saturated rings. The van der Waals surface area contributed by atoms with E-state index >= 15 is 0 Å². The van der Waals surface area contributed by atoms with Gasteiger partial charge in [0.2, 0.25) is 34.7 Å². The van der Waals surface area contributed by atoms with Crippen molar-refractivity contribution in [2.75, 3.05) is 10.9 Å². The minimum absolute atomic E-state index is 0.172. The van der Waals surface area contributed by atoms with Crippen LogP contribution in [0.1, 0.15) is 0 Å². The van der Waals surface area contributed by atoms with Gasteiger partial charge in [0.15, 0.2) is 10.1 Å². The Balaban J connectivity index is 1.57. The van der Waals surface area contributed by atoms with Crippen LogP contribution in [0.4, 0.5) is 23.7 Å². The molecule has 0 radical (unpaired) electrons. The molecule has 0 unspecified atom stereocenters. The molecule has 2 N–H and O–H groups in total. The van der Waals surface area contributed by atoms with Crippen LogP contribution < -0.4 is 10.9 Å². The van der Waals surface area contributed by atoms with Gasteiger partial charge in [-0.25, -0.2) is 29.5 Å². The number of anilines is 2. The maximum Gasteiger partial charge on any atom is 0.379 e. The molecule has 4 aromatic heterocycles. The standard InChI is InChI=1S/C8H2N14O8/c23-21(24)13-7-9-3(17-27-7)1-5(19-29-15-1)11-12-6-2(16-30-20-6)4-10-8(28-18-4)14-22(25)26/h(H,9,13,17)(H,10,14,18). The lowest BCUT2D eigenvalue weighted by Crippen LogP contribution is -2.07. The molecule has 4 aromatic rings. The van der Waals surface area contributed by atoms with Crippen molar-refractivity contribution in [3.05, 3.63) is 20.2 Å². The van der Waals surface area contributed by atoms with Gasteiger partial charge in [0.05, 0.1) is 0 Å². The van der Waals surface area contributed by atoms with Gasteiger partial charge >= 0.3 is 12.0 Å². The van der Waals surface area contributed by atoms with Crippen molar-refractivity contribution in [1.29, 1.82) is 0 Å². The average Bonchev–Trinajstić information content (AvgIpc) is 3.45. The number of nitro groups is 2. The minimum Gasteiger partial charge on any atom is -0.309 e. The van der Waals surface area contributed by atoms with E-state index in [9.17, 15) is 20.2 Å². The lowest BCUT2D eigenvalue weighted by atomic mass is 10.4. The Morgan fingerprint density at radius 1 is 0.700 bits per heavy atom. The first kappa shape index (κ1) is 17.9. The second kappa shape index (κ2) is 7.29. The van der Waals surface area contributed by atoms with Gasteiger partial charge in [-0.2, -0.15) is 9.97 Å². The summed E-state index contributed by atoms with van der Waals surface area (Å²) < 4.78 is 18.2. The van der Waals surface area contributed by atoms with Gasteiger partial charge in [0, 0.05) is 0 Å². The van der Waals surface area contributed by atoms with Crippen molar-refractivity contribution in [2.45, 2.75) is 0 Å². The zero-order valence-corrected chi connectivity index (χ0v) is 13.6. The van der Waals surface area contributed by atoms with Gasteiger partial charge in [-0.1, -0.05) is 21.2 Å². The third-order valence-corrected chi connectivity index (χ3v) is 2.83. The van der Waals surface area contributed by atoms with Crippen LogP contribution in [-0.4, -0.2) is 51.0 Å². The average molecular weight is 422 g/mol. The Kier molecular flexibility index (Phi) is 4.36. The first-order chi connectivity index (χ1) is 14.5. The Labute approximate surface area is 158 Å². The molecule has 0 aliphatic heterocycles. The molecule has 0 atom stereocenters. The molecule has 30 heavy (non-hydrogen) atoms. The quantitative estimate of drug-likeness (QED) is 0.217. The minimum atomic E-state index is -0.914. The van der Waals surface area contributed by atoms with Crippen molar-refractivity contribution in [3.63, 3.8) is 0 Å². The molecule has 0 amide bonds. The maximum atomic E-state index is 10.4. The predicted octanol–water partition coefficient (Wildman–Crippen LogP) is 0.175. The van der Waals surface area contributed by atoms with Gasteiger partial charge in [-0.15, -0.1) is 10.2 Å². The Morgan fingerprint density at radius 3 is 1.53 bits per heavy atom. The predicted molar refractivity (Wildman–Crippen MR) is 80.6 cm³/mol. The van der Waals surface area contributed by atoms with E-state index in [0.717, 1.165) is 0 Å². The largest absolute Gasteiger partial charge is 0.379 e. The lowest BCUT2D eigenvalue weighted by molar-refractivity contribution is -0.447. The fourth-order valence-electron chi connectivity index (χ4n) is 1.76. The van der Waals surface area contributed by atoms with Crippen LogP contribution in [0.15, 0.2) is 28.5 Å². The number of rotatable bonds is 8. The number of nitrogens with one attached hydrogen (secondary N) is 2. The summed E-state index contributed by atoms with van der Waals surface area (Å²) in [7, 11) is 0. The molecule has 0 aliphatic carbocycles. The van der Waals surface area contributed by atoms with Crippen LogP contribution in [0.3, 0.4) is 0 Å². The smallest absolute Gasteiger partial charge is 0.309 e. The summed E-state index contributed by atoms with van der Waals surface area (Å²) in [5.41, 5.74) is 2.95. The van der Waals surface area contributed by atoms with E-state index in [2.05, 4.69) is 69.4 Å². The number of hydrogen-bond donors (Lipinski definition) is 2. The monoisotopic (exact) mass is 422 g/mol. The van der Waals surface area contributed by atoms with Crippen molar-refractivity contribution in [3.8, 4) is 23.0 Å². The number of hydrazine groups is 2. The van der Waals surface area contributed by atoms with Gasteiger partial charge in [0.1, 0.15) is 0 Å². The molecule has 0 aliphatic rings. The molecule has 0 saturated carbocycles. The summed E-state index contributed by atoms with van der Waals surface area (Å²) in [5, 5.41) is 47.2. The summed E-state index contributed by atoms with van der Waals surface area (Å²) in [5.74, 6) is -1.02. The third-order valence-electron chi connectivity index (χ3n) is 2.83. The zero-order valence-electron chi connectivity index (χ0n) is 13.6. The van der Waals surface area contributed by atoms with Crippen LogP contribution >= 0.6 is 0 Å². The van der Waals surface area contributed by atoms with E-state index in [0.29, 0.717) is 0 Å². The van der Waals surface area contributed by atoms with Crippen molar-refractivity contribution in [1.82, 2.24) is 40.9 Å². The van der Waals surface area contributed by atoms with Crippen molar-refractivity contribution >= 4 is 23.7 Å². The van der Waals surface area contributed by atoms with Gasteiger partial charge in [0.25, 0.3) is 0 Å². The topological polar surface area (TPSA) is 291 Å². The van der Waals surface area contributed by atoms with Crippen molar-refractivity contribution < 1.29 is 28.4 Å². The molecule has 0 bridgehead atoms. The number of azo groups is 1. The molecule has 22 nitrogen and oxygen atoms in total. The molecule has 22 heteroatoms. The molecular weight excluding hydrogens is 420 g/mol. The van der Waals surface area contributed by atoms with Crippen LogP contribution in [-0.2, 0) is 0 Å². The van der Waals surface area contributed by atoms with E-state index in [1.165, 1.54) is 0 Å². The number of nitrogens with zero attached hydrogens (tertiary/aromatic N) is 12. The normalized spacial score (nSPS) is 11.1. The fourth-order valence-corrected chi connectivity index (χ4v) is 1.76. The van der Waals surface area contributed by atoms with Gasteiger partial charge in [-0.3, -0.25) is 0 Å². The first-order valence-corrected chi connectivity index (χ1v) is 7.06. The maximum absolute atomic E-state index is 10.4. The molecule has 0 aromatic carbocycles. The van der Waals surface area contributed by atoms with Crippen molar-refractivity contribution in [2.24, 2.45) is 10.2 Å². The zero-order chi connectivity index (χ0) is 21.1. The number of hydrogen-bond acceptors (Lipinski definition) is 18. The highest BCUT2D eigenvalue weighted by Gasteiger charge is 2.23. The molecule has 4 heterocycles. The van der Waals surface area contributed by atoms with E-state index in [4.69, 9.17) is 0 Å². The summed E-state index contributed by atoms with van der Waals surface area (Å²) in [6.45, 7) is 0.